The van der Waals surface area contributed by atoms with Gasteiger partial charge in [0, 0.05) is 11.3 Å². The van der Waals surface area contributed by atoms with Crippen molar-refractivity contribution in [3.8, 4) is 0 Å². The minimum absolute atomic E-state index is 0.0951. The molecular formula is C23H19F2NO5S. The smallest absolute Gasteiger partial charge is 0.341 e. The molecule has 0 saturated carbocycles. The van der Waals surface area contributed by atoms with Gasteiger partial charge in [0.15, 0.2) is 0 Å². The monoisotopic (exact) mass is 459 g/mol. The SMILES string of the molecule is Cc1ccc(NC(=O)[C@@H](OC(=O)c2ccc(S(=O)(=O)C(F)F)cc2)c2ccccc2)cc1. The van der Waals surface area contributed by atoms with Crippen LogP contribution >= 0.6 is 0 Å². The topological polar surface area (TPSA) is 89.5 Å². The first-order chi connectivity index (χ1) is 15.2. The minimum atomic E-state index is -4.79. The van der Waals surface area contributed by atoms with E-state index in [0.29, 0.717) is 11.3 Å². The van der Waals surface area contributed by atoms with Gasteiger partial charge in [-0.15, -0.1) is 0 Å². The van der Waals surface area contributed by atoms with Crippen LogP contribution in [-0.4, -0.2) is 26.1 Å². The Bertz CT molecular complexity index is 1200. The van der Waals surface area contributed by atoms with Gasteiger partial charge in [-0.1, -0.05) is 48.0 Å². The van der Waals surface area contributed by atoms with Crippen molar-refractivity contribution in [2.45, 2.75) is 23.7 Å². The van der Waals surface area contributed by atoms with Crippen molar-refractivity contribution in [1.82, 2.24) is 0 Å². The molecule has 1 atom stereocenters. The van der Waals surface area contributed by atoms with Crippen LogP contribution in [0.15, 0.2) is 83.8 Å². The molecule has 6 nitrogen and oxygen atoms in total. The van der Waals surface area contributed by atoms with Gasteiger partial charge in [0.2, 0.25) is 15.9 Å². The van der Waals surface area contributed by atoms with E-state index in [1.165, 1.54) is 0 Å². The van der Waals surface area contributed by atoms with Crippen LogP contribution in [0.5, 0.6) is 0 Å². The number of esters is 1. The summed E-state index contributed by atoms with van der Waals surface area (Å²) in [4.78, 5) is 24.9. The Kier molecular flexibility index (Phi) is 6.99. The summed E-state index contributed by atoms with van der Waals surface area (Å²) in [6.45, 7) is 1.90. The summed E-state index contributed by atoms with van der Waals surface area (Å²) in [5.41, 5.74) is 1.84. The third-order valence-corrected chi connectivity index (χ3v) is 5.94. The number of carbonyl (C=O) groups is 2. The van der Waals surface area contributed by atoms with Crippen LogP contribution in [0.2, 0.25) is 0 Å². The maximum absolute atomic E-state index is 12.9. The zero-order valence-corrected chi connectivity index (χ0v) is 17.7. The number of rotatable bonds is 7. The van der Waals surface area contributed by atoms with E-state index in [1.807, 2.05) is 19.1 Å². The highest BCUT2D eigenvalue weighted by atomic mass is 32.2. The predicted octanol–water partition coefficient (Wildman–Crippen LogP) is 4.53. The molecule has 1 amide bonds. The number of anilines is 1. The average molecular weight is 459 g/mol. The molecule has 3 aromatic rings. The van der Waals surface area contributed by atoms with E-state index in [-0.39, 0.29) is 5.56 Å². The van der Waals surface area contributed by atoms with E-state index in [4.69, 9.17) is 4.74 Å². The van der Waals surface area contributed by atoms with E-state index in [1.54, 1.807) is 42.5 Å². The summed E-state index contributed by atoms with van der Waals surface area (Å²) in [6.07, 6.45) is -1.30. The second-order valence-corrected chi connectivity index (χ2v) is 8.80. The fourth-order valence-corrected chi connectivity index (χ4v) is 3.53. The number of sulfone groups is 1. The number of hydrogen-bond acceptors (Lipinski definition) is 5. The highest BCUT2D eigenvalue weighted by molar-refractivity contribution is 7.91. The van der Waals surface area contributed by atoms with E-state index < -0.39 is 38.5 Å². The lowest BCUT2D eigenvalue weighted by Gasteiger charge is -2.18. The molecule has 0 aliphatic rings. The molecule has 0 spiro atoms. The minimum Gasteiger partial charge on any atom is -0.444 e. The standard InChI is InChI=1S/C23H19F2NO5S/c1-15-7-11-18(12-8-15)26-21(27)20(16-5-3-2-4-6-16)31-22(28)17-9-13-19(14-10-17)32(29,30)23(24)25/h2-14,20,23H,1H3,(H,26,27)/t20-/m0/s1. The second-order valence-electron chi connectivity index (χ2n) is 6.88. The molecule has 32 heavy (non-hydrogen) atoms. The molecule has 0 aliphatic heterocycles. The molecule has 0 aliphatic carbocycles. The number of ether oxygens (including phenoxy) is 1. The van der Waals surface area contributed by atoms with Crippen LogP contribution in [0.1, 0.15) is 27.6 Å². The van der Waals surface area contributed by atoms with Crippen LogP contribution in [-0.2, 0) is 19.4 Å². The van der Waals surface area contributed by atoms with Crippen molar-refractivity contribution >= 4 is 27.4 Å². The van der Waals surface area contributed by atoms with Gasteiger partial charge >= 0.3 is 11.7 Å². The molecule has 9 heteroatoms. The summed E-state index contributed by atoms with van der Waals surface area (Å²) in [5.74, 6) is -5.09. The van der Waals surface area contributed by atoms with Crippen molar-refractivity contribution in [2.75, 3.05) is 5.32 Å². The zero-order chi connectivity index (χ0) is 23.3. The van der Waals surface area contributed by atoms with Crippen LogP contribution in [0.4, 0.5) is 14.5 Å². The number of carbonyl (C=O) groups excluding carboxylic acids is 2. The normalized spacial score (nSPS) is 12.2. The van der Waals surface area contributed by atoms with E-state index in [0.717, 1.165) is 29.8 Å². The summed E-state index contributed by atoms with van der Waals surface area (Å²) in [7, 11) is -4.79. The van der Waals surface area contributed by atoms with Crippen LogP contribution < -0.4 is 5.32 Å². The molecule has 0 saturated heterocycles. The molecule has 0 heterocycles. The van der Waals surface area contributed by atoms with Gasteiger partial charge in [-0.2, -0.15) is 8.78 Å². The molecule has 0 unspecified atom stereocenters. The van der Waals surface area contributed by atoms with Gasteiger partial charge in [0.25, 0.3) is 5.91 Å². The third-order valence-electron chi connectivity index (χ3n) is 4.54. The molecular weight excluding hydrogens is 440 g/mol. The highest BCUT2D eigenvalue weighted by Crippen LogP contribution is 2.23. The van der Waals surface area contributed by atoms with Crippen molar-refractivity contribution in [3.63, 3.8) is 0 Å². The van der Waals surface area contributed by atoms with Crippen LogP contribution in [0.3, 0.4) is 0 Å². The van der Waals surface area contributed by atoms with Crippen molar-refractivity contribution < 1.29 is 31.5 Å². The Morgan fingerprint density at radius 2 is 1.47 bits per heavy atom. The van der Waals surface area contributed by atoms with E-state index >= 15 is 0 Å². The van der Waals surface area contributed by atoms with Gasteiger partial charge in [-0.3, -0.25) is 4.79 Å². The average Bonchev–Trinajstić information content (AvgIpc) is 2.79. The first-order valence-corrected chi connectivity index (χ1v) is 11.0. The van der Waals surface area contributed by atoms with Gasteiger partial charge in [0.1, 0.15) is 0 Å². The molecule has 0 fully saturated rings. The van der Waals surface area contributed by atoms with Crippen molar-refractivity contribution in [2.24, 2.45) is 0 Å². The molecule has 0 radical (unpaired) electrons. The number of benzene rings is 3. The molecule has 0 aromatic heterocycles. The number of aryl methyl sites for hydroxylation is 1. The van der Waals surface area contributed by atoms with Crippen LogP contribution in [0.25, 0.3) is 0 Å². The summed E-state index contributed by atoms with van der Waals surface area (Å²) >= 11 is 0. The fourth-order valence-electron chi connectivity index (χ4n) is 2.80. The zero-order valence-electron chi connectivity index (χ0n) is 16.9. The molecule has 0 bridgehead atoms. The highest BCUT2D eigenvalue weighted by Gasteiger charge is 2.28. The van der Waals surface area contributed by atoms with Gasteiger partial charge in [-0.05, 0) is 43.3 Å². The Morgan fingerprint density at radius 3 is 2.03 bits per heavy atom. The van der Waals surface area contributed by atoms with Crippen molar-refractivity contribution in [3.05, 3.63) is 95.6 Å². The van der Waals surface area contributed by atoms with Crippen molar-refractivity contribution in [1.29, 1.82) is 0 Å². The lowest BCUT2D eigenvalue weighted by atomic mass is 10.1. The number of halogens is 2. The Hall–Kier alpha value is -3.59. The fraction of sp³-hybridized carbons (Fsp3) is 0.130. The van der Waals surface area contributed by atoms with Gasteiger partial charge in [0.05, 0.1) is 10.5 Å². The maximum Gasteiger partial charge on any atom is 0.341 e. The van der Waals surface area contributed by atoms with Crippen LogP contribution in [0, 0.1) is 6.92 Å². The number of hydrogen-bond donors (Lipinski definition) is 1. The first-order valence-electron chi connectivity index (χ1n) is 9.44. The predicted molar refractivity (Wildman–Crippen MR) is 114 cm³/mol. The lowest BCUT2D eigenvalue weighted by molar-refractivity contribution is -0.125. The third kappa shape index (κ3) is 5.36. The van der Waals surface area contributed by atoms with Gasteiger partial charge in [-0.25, -0.2) is 13.2 Å². The molecule has 1 N–H and O–H groups in total. The number of alkyl halides is 2. The summed E-state index contributed by atoms with van der Waals surface area (Å²) in [5, 5.41) is 2.69. The first kappa shape index (κ1) is 23.1. The van der Waals surface area contributed by atoms with Gasteiger partial charge < -0.3 is 10.1 Å². The molecule has 3 aromatic carbocycles. The van der Waals surface area contributed by atoms with E-state index in [2.05, 4.69) is 5.32 Å². The quantitative estimate of drug-likeness (QED) is 0.525. The second kappa shape index (κ2) is 9.69. The maximum atomic E-state index is 12.9. The Morgan fingerprint density at radius 1 is 0.875 bits per heavy atom. The number of amides is 1. The summed E-state index contributed by atoms with van der Waals surface area (Å²) in [6, 6.07) is 19.3. The lowest BCUT2D eigenvalue weighted by Crippen LogP contribution is -2.26. The Labute approximate surface area is 183 Å². The van der Waals surface area contributed by atoms with E-state index in [9.17, 15) is 26.8 Å². The Balaban J connectivity index is 1.82. The largest absolute Gasteiger partial charge is 0.444 e. The molecule has 166 valence electrons. The number of nitrogens with one attached hydrogen (secondary N) is 1. The summed E-state index contributed by atoms with van der Waals surface area (Å²) < 4.78 is 53.9. The molecule has 3 rings (SSSR count).